The van der Waals surface area contributed by atoms with E-state index in [2.05, 4.69) is 28.0 Å². The number of hydrogen-bond acceptors (Lipinski definition) is 4. The molecule has 1 aliphatic rings. The summed E-state index contributed by atoms with van der Waals surface area (Å²) < 4.78 is 0. The molecule has 1 heterocycles. The molecule has 3 N–H and O–H groups in total. The highest BCUT2D eigenvalue weighted by atomic mass is 15.3. The van der Waals surface area contributed by atoms with Crippen molar-refractivity contribution in [2.24, 2.45) is 0 Å². The summed E-state index contributed by atoms with van der Waals surface area (Å²) in [6, 6.07) is 0. The van der Waals surface area contributed by atoms with Crippen molar-refractivity contribution in [3.05, 3.63) is 0 Å². The van der Waals surface area contributed by atoms with Gasteiger partial charge < -0.3 is 5.32 Å². The van der Waals surface area contributed by atoms with E-state index in [-0.39, 0.29) is 0 Å². The molecule has 0 aliphatic carbocycles. The van der Waals surface area contributed by atoms with Crippen LogP contribution in [0.1, 0.15) is 32.6 Å². The Bertz CT molecular complexity index is 129. The molecule has 15 heavy (non-hydrogen) atoms. The number of hydrogen-bond donors (Lipinski definition) is 3. The Morgan fingerprint density at radius 3 is 2.53 bits per heavy atom. The fourth-order valence-electron chi connectivity index (χ4n) is 1.85. The number of hydrazine groups is 1. The van der Waals surface area contributed by atoms with E-state index in [4.69, 9.17) is 0 Å². The standard InChI is InChI=1S/C11H26N4/c1-2-9-15-10-5-8-14-13-7-4-3-6-12-11-15/h12-14H,2-11H2,1H3. The first-order valence-corrected chi connectivity index (χ1v) is 6.32. The molecular formula is C11H26N4. The van der Waals surface area contributed by atoms with Gasteiger partial charge in [0.2, 0.25) is 0 Å². The molecule has 0 atom stereocenters. The van der Waals surface area contributed by atoms with Gasteiger partial charge in [-0.1, -0.05) is 6.92 Å². The van der Waals surface area contributed by atoms with Gasteiger partial charge in [0.15, 0.2) is 0 Å². The van der Waals surface area contributed by atoms with Crippen LogP contribution in [0, 0.1) is 0 Å². The molecule has 1 aliphatic heterocycles. The van der Waals surface area contributed by atoms with E-state index in [1.807, 2.05) is 0 Å². The lowest BCUT2D eigenvalue weighted by atomic mass is 10.3. The van der Waals surface area contributed by atoms with Crippen molar-refractivity contribution in [2.45, 2.75) is 32.6 Å². The maximum atomic E-state index is 3.52. The zero-order valence-corrected chi connectivity index (χ0v) is 10.0. The maximum absolute atomic E-state index is 3.52. The van der Waals surface area contributed by atoms with Gasteiger partial charge in [-0.25, -0.2) is 0 Å². The molecule has 0 aromatic heterocycles. The summed E-state index contributed by atoms with van der Waals surface area (Å²) >= 11 is 0. The van der Waals surface area contributed by atoms with Crippen LogP contribution in [-0.2, 0) is 0 Å². The Hall–Kier alpha value is -0.160. The zero-order chi connectivity index (χ0) is 10.8. The predicted molar refractivity (Wildman–Crippen MR) is 64.6 cm³/mol. The molecule has 0 radical (unpaired) electrons. The van der Waals surface area contributed by atoms with Crippen LogP contribution in [0.15, 0.2) is 0 Å². The maximum Gasteiger partial charge on any atom is 0.0480 e. The highest BCUT2D eigenvalue weighted by Gasteiger charge is 2.03. The molecule has 4 heteroatoms. The minimum Gasteiger partial charge on any atom is -0.304 e. The Morgan fingerprint density at radius 1 is 1.00 bits per heavy atom. The number of nitrogens with one attached hydrogen (secondary N) is 3. The van der Waals surface area contributed by atoms with E-state index in [0.717, 1.165) is 26.3 Å². The minimum atomic E-state index is 1.06. The molecule has 1 saturated heterocycles. The van der Waals surface area contributed by atoms with Crippen LogP contribution in [0.4, 0.5) is 0 Å². The highest BCUT2D eigenvalue weighted by molar-refractivity contribution is 4.59. The Balaban J connectivity index is 2.19. The van der Waals surface area contributed by atoms with Crippen LogP contribution >= 0.6 is 0 Å². The van der Waals surface area contributed by atoms with Gasteiger partial charge in [-0.3, -0.25) is 15.8 Å². The van der Waals surface area contributed by atoms with E-state index < -0.39 is 0 Å². The average molecular weight is 214 g/mol. The topological polar surface area (TPSA) is 39.3 Å². The molecule has 0 unspecified atom stereocenters. The largest absolute Gasteiger partial charge is 0.304 e. The van der Waals surface area contributed by atoms with E-state index >= 15 is 0 Å². The molecule has 0 spiro atoms. The van der Waals surface area contributed by atoms with Crippen LogP contribution in [0.2, 0.25) is 0 Å². The van der Waals surface area contributed by atoms with Crippen molar-refractivity contribution >= 4 is 0 Å². The van der Waals surface area contributed by atoms with Gasteiger partial charge in [-0.2, -0.15) is 0 Å². The Labute approximate surface area is 93.8 Å². The lowest BCUT2D eigenvalue weighted by molar-refractivity contribution is 0.244. The van der Waals surface area contributed by atoms with Crippen LogP contribution in [0.25, 0.3) is 0 Å². The van der Waals surface area contributed by atoms with E-state index in [0.29, 0.717) is 0 Å². The van der Waals surface area contributed by atoms with Crippen LogP contribution < -0.4 is 16.2 Å². The summed E-state index contributed by atoms with van der Waals surface area (Å²) in [5, 5.41) is 3.52. The molecule has 0 amide bonds. The lowest BCUT2D eigenvalue weighted by Crippen LogP contribution is -2.40. The summed E-state index contributed by atoms with van der Waals surface area (Å²) in [7, 11) is 0. The fraction of sp³-hybridized carbons (Fsp3) is 1.00. The van der Waals surface area contributed by atoms with Crippen LogP contribution in [-0.4, -0.2) is 44.3 Å². The minimum absolute atomic E-state index is 1.06. The molecular weight excluding hydrogens is 188 g/mol. The van der Waals surface area contributed by atoms with Crippen LogP contribution in [0.3, 0.4) is 0 Å². The van der Waals surface area contributed by atoms with Gasteiger partial charge in [0.05, 0.1) is 0 Å². The average Bonchev–Trinajstić information content (AvgIpc) is 2.22. The summed E-state index contributed by atoms with van der Waals surface area (Å²) in [6.07, 6.45) is 4.96. The van der Waals surface area contributed by atoms with Crippen molar-refractivity contribution < 1.29 is 0 Å². The van der Waals surface area contributed by atoms with Crippen molar-refractivity contribution in [3.63, 3.8) is 0 Å². The van der Waals surface area contributed by atoms with Gasteiger partial charge in [-0.05, 0) is 38.8 Å². The number of rotatable bonds is 2. The monoisotopic (exact) mass is 214 g/mol. The zero-order valence-electron chi connectivity index (χ0n) is 10.0. The van der Waals surface area contributed by atoms with Crippen molar-refractivity contribution in [2.75, 3.05) is 39.4 Å². The second-order valence-corrected chi connectivity index (χ2v) is 4.19. The van der Waals surface area contributed by atoms with E-state index in [1.54, 1.807) is 0 Å². The predicted octanol–water partition coefficient (Wildman–Crippen LogP) is 0.524. The first-order valence-electron chi connectivity index (χ1n) is 6.32. The molecule has 1 rings (SSSR count). The van der Waals surface area contributed by atoms with Gasteiger partial charge in [0, 0.05) is 26.3 Å². The molecule has 1 fully saturated rings. The summed E-state index contributed by atoms with van der Waals surface area (Å²) in [6.45, 7) is 9.00. The van der Waals surface area contributed by atoms with Gasteiger partial charge in [0.1, 0.15) is 0 Å². The second-order valence-electron chi connectivity index (χ2n) is 4.19. The Kier molecular flexibility index (Phi) is 7.83. The fourth-order valence-corrected chi connectivity index (χ4v) is 1.85. The smallest absolute Gasteiger partial charge is 0.0480 e. The van der Waals surface area contributed by atoms with E-state index in [1.165, 1.54) is 38.8 Å². The molecule has 0 aromatic rings. The quantitative estimate of drug-likeness (QED) is 0.627. The van der Waals surface area contributed by atoms with Gasteiger partial charge in [0.25, 0.3) is 0 Å². The number of nitrogens with zero attached hydrogens (tertiary/aromatic N) is 1. The van der Waals surface area contributed by atoms with Crippen molar-refractivity contribution in [3.8, 4) is 0 Å². The summed E-state index contributed by atoms with van der Waals surface area (Å²) in [5.74, 6) is 0. The van der Waals surface area contributed by atoms with Crippen LogP contribution in [0.5, 0.6) is 0 Å². The lowest BCUT2D eigenvalue weighted by Gasteiger charge is -2.23. The third kappa shape index (κ3) is 6.84. The third-order valence-corrected chi connectivity index (χ3v) is 2.68. The first kappa shape index (κ1) is 12.9. The first-order chi connectivity index (χ1) is 7.43. The molecule has 4 nitrogen and oxygen atoms in total. The highest BCUT2D eigenvalue weighted by Crippen LogP contribution is 1.93. The van der Waals surface area contributed by atoms with Crippen molar-refractivity contribution in [1.82, 2.24) is 21.1 Å². The summed E-state index contributed by atoms with van der Waals surface area (Å²) in [5.41, 5.74) is 6.52. The molecule has 0 saturated carbocycles. The van der Waals surface area contributed by atoms with Gasteiger partial charge >= 0.3 is 0 Å². The third-order valence-electron chi connectivity index (χ3n) is 2.68. The SMILES string of the molecule is CCCN1CCCNNCCCCNC1. The van der Waals surface area contributed by atoms with Crippen molar-refractivity contribution in [1.29, 1.82) is 0 Å². The normalized spacial score (nSPS) is 23.0. The molecule has 0 aromatic carbocycles. The summed E-state index contributed by atoms with van der Waals surface area (Å²) in [4.78, 5) is 2.50. The second kappa shape index (κ2) is 9.09. The molecule has 0 bridgehead atoms. The Morgan fingerprint density at radius 2 is 1.73 bits per heavy atom. The van der Waals surface area contributed by atoms with Gasteiger partial charge in [-0.15, -0.1) is 0 Å². The molecule has 90 valence electrons. The van der Waals surface area contributed by atoms with E-state index in [9.17, 15) is 0 Å².